The van der Waals surface area contributed by atoms with E-state index in [-0.39, 0.29) is 17.6 Å². The van der Waals surface area contributed by atoms with Crippen LogP contribution < -0.4 is 16.0 Å². The quantitative estimate of drug-likeness (QED) is 0.787. The second kappa shape index (κ2) is 7.30. The predicted octanol–water partition coefficient (Wildman–Crippen LogP) is 1.19. The maximum Gasteiger partial charge on any atom is 0.265 e. The predicted molar refractivity (Wildman–Crippen MR) is 78.8 cm³/mol. The number of nitrogen functional groups attached to an aromatic ring is 1. The van der Waals surface area contributed by atoms with Gasteiger partial charge in [0.2, 0.25) is 0 Å². The number of nitrogens with zero attached hydrogens (tertiary/aromatic N) is 2. The first-order chi connectivity index (χ1) is 8.99. The van der Waals surface area contributed by atoms with E-state index < -0.39 is 0 Å². The summed E-state index contributed by atoms with van der Waals surface area (Å²) in [5.74, 6) is 0.381. The lowest BCUT2D eigenvalue weighted by molar-refractivity contribution is 0.0939. The first-order valence-corrected chi connectivity index (χ1v) is 7.05. The molecule has 0 fully saturated rings. The van der Waals surface area contributed by atoms with E-state index in [2.05, 4.69) is 10.3 Å². The van der Waals surface area contributed by atoms with Gasteiger partial charge in [0.05, 0.1) is 6.61 Å². The molecule has 0 saturated carbocycles. The van der Waals surface area contributed by atoms with Crippen LogP contribution in [0.15, 0.2) is 0 Å². The van der Waals surface area contributed by atoms with E-state index in [1.54, 1.807) is 7.11 Å². The Balaban J connectivity index is 2.64. The van der Waals surface area contributed by atoms with E-state index in [9.17, 15) is 4.79 Å². The summed E-state index contributed by atoms with van der Waals surface area (Å²) in [5, 5.41) is 3.61. The third-order valence-electron chi connectivity index (χ3n) is 2.71. The van der Waals surface area contributed by atoms with E-state index in [0.29, 0.717) is 18.0 Å². The Bertz CT molecular complexity index is 422. The maximum absolute atomic E-state index is 12.0. The Hall–Kier alpha value is -1.34. The Kier molecular flexibility index (Phi) is 6.04. The summed E-state index contributed by atoms with van der Waals surface area (Å²) in [6.07, 6.45) is 0. The molecule has 0 saturated heterocycles. The lowest BCUT2D eigenvalue weighted by Crippen LogP contribution is -2.29. The summed E-state index contributed by atoms with van der Waals surface area (Å²) in [7, 11) is 3.56. The van der Waals surface area contributed by atoms with Gasteiger partial charge in [-0.1, -0.05) is 18.3 Å². The van der Waals surface area contributed by atoms with E-state index in [0.717, 1.165) is 11.7 Å². The second-order valence-corrected chi connectivity index (χ2v) is 5.47. The highest BCUT2D eigenvalue weighted by Gasteiger charge is 2.18. The Labute approximate surface area is 118 Å². The van der Waals surface area contributed by atoms with E-state index in [1.165, 1.54) is 11.3 Å². The minimum atomic E-state index is -0.172. The van der Waals surface area contributed by atoms with Gasteiger partial charge >= 0.3 is 0 Å². The number of carbonyl (C=O) groups excluding carboxylic acids is 1. The van der Waals surface area contributed by atoms with Crippen molar-refractivity contribution >= 4 is 28.2 Å². The van der Waals surface area contributed by atoms with E-state index in [4.69, 9.17) is 10.5 Å². The minimum Gasteiger partial charge on any atom is -0.384 e. The molecule has 19 heavy (non-hydrogen) atoms. The molecular weight excluding hydrogens is 264 g/mol. The van der Waals surface area contributed by atoms with Gasteiger partial charge in [0.25, 0.3) is 5.91 Å². The fourth-order valence-electron chi connectivity index (χ4n) is 1.47. The van der Waals surface area contributed by atoms with Gasteiger partial charge in [0, 0.05) is 27.2 Å². The molecule has 0 aliphatic carbocycles. The van der Waals surface area contributed by atoms with Gasteiger partial charge in [0.15, 0.2) is 5.13 Å². The number of nitrogens with one attached hydrogen (secondary N) is 1. The van der Waals surface area contributed by atoms with Gasteiger partial charge in [-0.15, -0.1) is 0 Å². The Morgan fingerprint density at radius 3 is 2.89 bits per heavy atom. The van der Waals surface area contributed by atoms with Gasteiger partial charge < -0.3 is 20.7 Å². The molecule has 108 valence electrons. The number of rotatable bonds is 7. The SMILES string of the molecule is CCN(C)c1nc(N)c(C(=O)NCC(C)COC)s1. The average Bonchev–Trinajstić information content (AvgIpc) is 2.77. The zero-order chi connectivity index (χ0) is 14.4. The molecule has 1 aromatic rings. The Morgan fingerprint density at radius 2 is 2.32 bits per heavy atom. The highest BCUT2D eigenvalue weighted by atomic mass is 32.1. The van der Waals surface area contributed by atoms with Crippen molar-refractivity contribution in [3.63, 3.8) is 0 Å². The van der Waals surface area contributed by atoms with Crippen LogP contribution in [0.25, 0.3) is 0 Å². The summed E-state index contributed by atoms with van der Waals surface area (Å²) in [4.78, 5) is 18.6. The number of ether oxygens (including phenoxy) is 1. The van der Waals surface area contributed by atoms with Gasteiger partial charge in [-0.2, -0.15) is 0 Å². The van der Waals surface area contributed by atoms with Crippen molar-refractivity contribution in [3.8, 4) is 0 Å². The monoisotopic (exact) mass is 286 g/mol. The number of hydrogen-bond donors (Lipinski definition) is 2. The molecule has 1 atom stereocenters. The van der Waals surface area contributed by atoms with Crippen LogP contribution in [0.2, 0.25) is 0 Å². The van der Waals surface area contributed by atoms with Gasteiger partial charge in [-0.25, -0.2) is 4.98 Å². The molecule has 0 spiro atoms. The van der Waals surface area contributed by atoms with Gasteiger partial charge in [-0.05, 0) is 12.8 Å². The summed E-state index contributed by atoms with van der Waals surface area (Å²) >= 11 is 1.31. The smallest absolute Gasteiger partial charge is 0.265 e. The van der Waals surface area contributed by atoms with Crippen molar-refractivity contribution in [1.29, 1.82) is 0 Å². The Morgan fingerprint density at radius 1 is 1.63 bits per heavy atom. The minimum absolute atomic E-state index is 0.172. The molecule has 1 rings (SSSR count). The summed E-state index contributed by atoms with van der Waals surface area (Å²) < 4.78 is 5.02. The average molecular weight is 286 g/mol. The third-order valence-corrected chi connectivity index (χ3v) is 3.90. The maximum atomic E-state index is 12.0. The summed E-state index contributed by atoms with van der Waals surface area (Å²) in [6, 6.07) is 0. The molecule has 0 radical (unpaired) electrons. The van der Waals surface area contributed by atoms with Crippen molar-refractivity contribution in [1.82, 2.24) is 10.3 Å². The number of thiazole rings is 1. The van der Waals surface area contributed by atoms with Crippen LogP contribution in [0.4, 0.5) is 10.9 Å². The zero-order valence-corrected chi connectivity index (χ0v) is 12.7. The third kappa shape index (κ3) is 4.36. The number of anilines is 2. The normalized spacial score (nSPS) is 12.2. The molecule has 3 N–H and O–H groups in total. The molecular formula is C12H22N4O2S. The van der Waals surface area contributed by atoms with Crippen molar-refractivity contribution in [2.75, 3.05) is 44.5 Å². The fraction of sp³-hybridized carbons (Fsp3) is 0.667. The van der Waals surface area contributed by atoms with Crippen molar-refractivity contribution < 1.29 is 9.53 Å². The molecule has 0 aromatic carbocycles. The van der Waals surface area contributed by atoms with E-state index >= 15 is 0 Å². The molecule has 1 amide bonds. The van der Waals surface area contributed by atoms with Crippen LogP contribution in [-0.2, 0) is 4.74 Å². The van der Waals surface area contributed by atoms with Gasteiger partial charge in [0.1, 0.15) is 10.7 Å². The standard InChI is InChI=1S/C12H22N4O2S/c1-5-16(3)12-15-10(13)9(19-12)11(17)14-6-8(2)7-18-4/h8H,5-7,13H2,1-4H3,(H,14,17). The van der Waals surface area contributed by atoms with Gasteiger partial charge in [-0.3, -0.25) is 4.79 Å². The molecule has 1 aromatic heterocycles. The second-order valence-electron chi connectivity index (χ2n) is 4.50. The lowest BCUT2D eigenvalue weighted by Gasteiger charge is -2.11. The van der Waals surface area contributed by atoms with Crippen LogP contribution in [-0.4, -0.2) is 44.7 Å². The van der Waals surface area contributed by atoms with E-state index in [1.807, 2.05) is 25.8 Å². The molecule has 0 bridgehead atoms. The summed E-state index contributed by atoms with van der Waals surface area (Å²) in [6.45, 7) is 6.02. The van der Waals surface area contributed by atoms with Crippen molar-refractivity contribution in [3.05, 3.63) is 4.88 Å². The number of carbonyl (C=O) groups is 1. The zero-order valence-electron chi connectivity index (χ0n) is 11.9. The van der Waals surface area contributed by atoms with Crippen molar-refractivity contribution in [2.24, 2.45) is 5.92 Å². The topological polar surface area (TPSA) is 80.5 Å². The number of hydrogen-bond acceptors (Lipinski definition) is 6. The summed E-state index contributed by atoms with van der Waals surface area (Å²) in [5.41, 5.74) is 5.79. The number of amides is 1. The molecule has 0 aliphatic heterocycles. The first kappa shape index (κ1) is 15.7. The van der Waals surface area contributed by atoms with Crippen LogP contribution in [0.1, 0.15) is 23.5 Å². The number of nitrogens with two attached hydrogens (primary N) is 1. The molecule has 7 heteroatoms. The van der Waals surface area contributed by atoms with Crippen molar-refractivity contribution in [2.45, 2.75) is 13.8 Å². The molecule has 1 unspecified atom stereocenters. The number of aromatic nitrogens is 1. The van der Waals surface area contributed by atoms with Crippen LogP contribution >= 0.6 is 11.3 Å². The number of methoxy groups -OCH3 is 1. The molecule has 0 aliphatic rings. The highest BCUT2D eigenvalue weighted by Crippen LogP contribution is 2.27. The largest absolute Gasteiger partial charge is 0.384 e. The molecule has 1 heterocycles. The van der Waals surface area contributed by atoms with Crippen LogP contribution in [0, 0.1) is 5.92 Å². The lowest BCUT2D eigenvalue weighted by atomic mass is 10.2. The van der Waals surface area contributed by atoms with Crippen LogP contribution in [0.5, 0.6) is 0 Å². The molecule has 6 nitrogen and oxygen atoms in total. The highest BCUT2D eigenvalue weighted by molar-refractivity contribution is 7.18. The fourth-order valence-corrected chi connectivity index (χ4v) is 2.40. The van der Waals surface area contributed by atoms with Crippen LogP contribution in [0.3, 0.4) is 0 Å². The first-order valence-electron chi connectivity index (χ1n) is 6.24.